The second-order valence-electron chi connectivity index (χ2n) is 5.48. The Morgan fingerprint density at radius 3 is 2.59 bits per heavy atom. The molecule has 0 radical (unpaired) electrons. The van der Waals surface area contributed by atoms with Gasteiger partial charge in [0.25, 0.3) is 0 Å². The minimum atomic E-state index is 0.649. The largest absolute Gasteiger partial charge is 0.314 e. The van der Waals surface area contributed by atoms with E-state index in [0.29, 0.717) is 6.04 Å². The van der Waals surface area contributed by atoms with Crippen LogP contribution < -0.4 is 5.32 Å². The number of benzene rings is 1. The first-order valence-electron chi connectivity index (χ1n) is 7.12. The molecule has 1 saturated carbocycles. The summed E-state index contributed by atoms with van der Waals surface area (Å²) in [6.07, 6.45) is 8.22. The van der Waals surface area contributed by atoms with E-state index in [9.17, 15) is 0 Å². The maximum Gasteiger partial charge on any atom is 0.00420 e. The molecular weight excluding hydrogens is 206 g/mol. The van der Waals surface area contributed by atoms with Crippen molar-refractivity contribution in [2.45, 2.75) is 51.5 Å². The molecule has 94 valence electrons. The summed E-state index contributed by atoms with van der Waals surface area (Å²) in [4.78, 5) is 0. The fraction of sp³-hybridized carbons (Fsp3) is 0.625. The summed E-state index contributed by atoms with van der Waals surface area (Å²) in [6.45, 7) is 3.55. The van der Waals surface area contributed by atoms with Gasteiger partial charge in [-0.2, -0.15) is 0 Å². The molecule has 17 heavy (non-hydrogen) atoms. The lowest BCUT2D eigenvalue weighted by atomic mass is 10.0. The molecule has 1 fully saturated rings. The highest BCUT2D eigenvalue weighted by Crippen LogP contribution is 2.23. The smallest absolute Gasteiger partial charge is 0.00420 e. The number of rotatable bonds is 6. The van der Waals surface area contributed by atoms with Gasteiger partial charge in [-0.25, -0.2) is 0 Å². The van der Waals surface area contributed by atoms with Crippen LogP contribution in [-0.2, 0) is 6.42 Å². The second kappa shape index (κ2) is 6.80. The van der Waals surface area contributed by atoms with Gasteiger partial charge in [0.15, 0.2) is 0 Å². The maximum absolute atomic E-state index is 3.69. The van der Waals surface area contributed by atoms with Gasteiger partial charge in [0, 0.05) is 6.04 Å². The monoisotopic (exact) mass is 231 g/mol. The summed E-state index contributed by atoms with van der Waals surface area (Å²) in [5.74, 6) is 0.953. The summed E-state index contributed by atoms with van der Waals surface area (Å²) < 4.78 is 0. The molecule has 0 aromatic heterocycles. The lowest BCUT2D eigenvalue weighted by molar-refractivity contribution is 0.432. The highest BCUT2D eigenvalue weighted by molar-refractivity contribution is 5.14. The van der Waals surface area contributed by atoms with Crippen molar-refractivity contribution in [3.8, 4) is 0 Å². The van der Waals surface area contributed by atoms with E-state index >= 15 is 0 Å². The molecule has 1 aromatic rings. The lowest BCUT2D eigenvalue weighted by Crippen LogP contribution is -2.30. The Labute approximate surface area is 106 Å². The van der Waals surface area contributed by atoms with E-state index < -0.39 is 0 Å². The molecule has 0 amide bonds. The molecule has 0 heterocycles. The minimum absolute atomic E-state index is 0.649. The molecule has 1 aliphatic rings. The first-order chi connectivity index (χ1) is 8.34. The second-order valence-corrected chi connectivity index (χ2v) is 5.48. The van der Waals surface area contributed by atoms with E-state index in [1.54, 1.807) is 0 Å². The third-order valence-corrected chi connectivity index (χ3v) is 3.94. The Kier molecular flexibility index (Phi) is 5.06. The maximum atomic E-state index is 3.69. The average molecular weight is 231 g/mol. The predicted molar refractivity (Wildman–Crippen MR) is 74.2 cm³/mol. The van der Waals surface area contributed by atoms with E-state index in [0.717, 1.165) is 5.92 Å². The Balaban J connectivity index is 1.62. The Hall–Kier alpha value is -0.820. The zero-order valence-electron chi connectivity index (χ0n) is 11.0. The van der Waals surface area contributed by atoms with Gasteiger partial charge in [0.1, 0.15) is 0 Å². The number of hydrogen-bond acceptors (Lipinski definition) is 1. The van der Waals surface area contributed by atoms with Crippen LogP contribution in [-0.4, -0.2) is 12.6 Å². The standard InChI is InChI=1S/C16H25N/c1-14(17-13-16-9-5-6-10-16)11-12-15-7-3-2-4-8-15/h2-4,7-8,14,16-17H,5-6,9-13H2,1H3. The van der Waals surface area contributed by atoms with Crippen LogP contribution in [0.25, 0.3) is 0 Å². The van der Waals surface area contributed by atoms with E-state index in [4.69, 9.17) is 0 Å². The molecule has 1 nitrogen and oxygen atoms in total. The molecule has 1 aliphatic carbocycles. The van der Waals surface area contributed by atoms with Crippen LogP contribution in [0.15, 0.2) is 30.3 Å². The molecule has 0 saturated heterocycles. The minimum Gasteiger partial charge on any atom is -0.314 e. The molecule has 1 aromatic carbocycles. The summed E-state index contributed by atoms with van der Waals surface area (Å²) in [5.41, 5.74) is 1.46. The zero-order chi connectivity index (χ0) is 11.9. The van der Waals surface area contributed by atoms with Crippen LogP contribution in [0.3, 0.4) is 0 Å². The highest BCUT2D eigenvalue weighted by atomic mass is 14.9. The molecule has 1 atom stereocenters. The number of nitrogens with one attached hydrogen (secondary N) is 1. The van der Waals surface area contributed by atoms with Crippen molar-refractivity contribution in [2.24, 2.45) is 5.92 Å². The molecular formula is C16H25N. The van der Waals surface area contributed by atoms with Gasteiger partial charge in [-0.1, -0.05) is 43.2 Å². The van der Waals surface area contributed by atoms with Gasteiger partial charge >= 0.3 is 0 Å². The average Bonchev–Trinajstić information content (AvgIpc) is 2.88. The van der Waals surface area contributed by atoms with E-state index in [1.165, 1.54) is 50.6 Å². The van der Waals surface area contributed by atoms with E-state index in [1.807, 2.05) is 0 Å². The van der Waals surface area contributed by atoms with Crippen LogP contribution in [0.2, 0.25) is 0 Å². The van der Waals surface area contributed by atoms with Gasteiger partial charge in [-0.3, -0.25) is 0 Å². The van der Waals surface area contributed by atoms with Crippen LogP contribution in [0.1, 0.15) is 44.6 Å². The molecule has 2 rings (SSSR count). The molecule has 0 aliphatic heterocycles. The third kappa shape index (κ3) is 4.51. The molecule has 1 unspecified atom stereocenters. The van der Waals surface area contributed by atoms with Gasteiger partial charge in [-0.15, -0.1) is 0 Å². The van der Waals surface area contributed by atoms with Crippen molar-refractivity contribution in [3.63, 3.8) is 0 Å². The zero-order valence-corrected chi connectivity index (χ0v) is 11.0. The van der Waals surface area contributed by atoms with E-state index in [-0.39, 0.29) is 0 Å². The summed E-state index contributed by atoms with van der Waals surface area (Å²) in [7, 11) is 0. The van der Waals surface area contributed by atoms with Crippen LogP contribution in [0.4, 0.5) is 0 Å². The lowest BCUT2D eigenvalue weighted by Gasteiger charge is -2.17. The molecule has 0 spiro atoms. The van der Waals surface area contributed by atoms with Crippen LogP contribution in [0.5, 0.6) is 0 Å². The Morgan fingerprint density at radius 2 is 1.88 bits per heavy atom. The van der Waals surface area contributed by atoms with Crippen molar-refractivity contribution < 1.29 is 0 Å². The Morgan fingerprint density at radius 1 is 1.18 bits per heavy atom. The Bertz CT molecular complexity index is 301. The first kappa shape index (κ1) is 12.6. The summed E-state index contributed by atoms with van der Waals surface area (Å²) in [6, 6.07) is 11.5. The fourth-order valence-corrected chi connectivity index (χ4v) is 2.71. The van der Waals surface area contributed by atoms with Gasteiger partial charge < -0.3 is 5.32 Å². The van der Waals surface area contributed by atoms with Crippen molar-refractivity contribution in [2.75, 3.05) is 6.54 Å². The van der Waals surface area contributed by atoms with Crippen LogP contribution >= 0.6 is 0 Å². The van der Waals surface area contributed by atoms with Crippen molar-refractivity contribution >= 4 is 0 Å². The third-order valence-electron chi connectivity index (χ3n) is 3.94. The quantitative estimate of drug-likeness (QED) is 0.785. The molecule has 1 N–H and O–H groups in total. The molecule has 1 heteroatoms. The topological polar surface area (TPSA) is 12.0 Å². The first-order valence-corrected chi connectivity index (χ1v) is 7.12. The normalized spacial score (nSPS) is 18.4. The van der Waals surface area contributed by atoms with Gasteiger partial charge in [-0.05, 0) is 50.6 Å². The summed E-state index contributed by atoms with van der Waals surface area (Å²) in [5, 5.41) is 3.69. The fourth-order valence-electron chi connectivity index (χ4n) is 2.71. The number of aryl methyl sites for hydroxylation is 1. The van der Waals surface area contributed by atoms with Crippen molar-refractivity contribution in [1.29, 1.82) is 0 Å². The van der Waals surface area contributed by atoms with Gasteiger partial charge in [0.2, 0.25) is 0 Å². The number of hydrogen-bond donors (Lipinski definition) is 1. The molecule has 0 bridgehead atoms. The highest BCUT2D eigenvalue weighted by Gasteiger charge is 2.15. The van der Waals surface area contributed by atoms with Crippen molar-refractivity contribution in [1.82, 2.24) is 5.32 Å². The van der Waals surface area contributed by atoms with E-state index in [2.05, 4.69) is 42.6 Å². The van der Waals surface area contributed by atoms with Crippen LogP contribution in [0, 0.1) is 5.92 Å². The van der Waals surface area contributed by atoms with Gasteiger partial charge in [0.05, 0.1) is 0 Å². The van der Waals surface area contributed by atoms with Crippen molar-refractivity contribution in [3.05, 3.63) is 35.9 Å². The predicted octanol–water partition coefficient (Wildman–Crippen LogP) is 3.79. The SMILES string of the molecule is CC(CCc1ccccc1)NCC1CCCC1. The summed E-state index contributed by atoms with van der Waals surface area (Å²) >= 11 is 0.